The van der Waals surface area contributed by atoms with Crippen molar-refractivity contribution in [1.29, 1.82) is 0 Å². The number of anilines is 1. The number of ether oxygens (including phenoxy) is 2. The molecule has 0 aliphatic rings. The van der Waals surface area contributed by atoms with E-state index in [1.807, 2.05) is 36.4 Å². The van der Waals surface area contributed by atoms with Gasteiger partial charge in [0.05, 0.1) is 19.7 Å². The first kappa shape index (κ1) is 20.2. The van der Waals surface area contributed by atoms with E-state index in [1.54, 1.807) is 20.3 Å². The molecule has 6 nitrogen and oxygen atoms in total. The van der Waals surface area contributed by atoms with Crippen molar-refractivity contribution >= 4 is 49.9 Å². The molecule has 3 N–H and O–H groups in total. The number of pyridine rings is 1. The predicted molar refractivity (Wildman–Crippen MR) is 120 cm³/mol. The number of rotatable bonds is 6. The highest BCUT2D eigenvalue weighted by atomic mass is 79.9. The van der Waals surface area contributed by atoms with Gasteiger partial charge in [-0.2, -0.15) is 0 Å². The van der Waals surface area contributed by atoms with Crippen LogP contribution in [0, 0.1) is 0 Å². The van der Waals surface area contributed by atoms with Crippen molar-refractivity contribution in [1.82, 2.24) is 10.3 Å². The maximum atomic E-state index is 12.5. The van der Waals surface area contributed by atoms with Crippen LogP contribution in [0.25, 0.3) is 10.9 Å². The SMILES string of the molecule is COc1ccc(OC)c2[nH]c(=O)c(CCNC(=S)Nc3cccc(Br)c3)cc12. The van der Waals surface area contributed by atoms with Gasteiger partial charge in [-0.05, 0) is 55.0 Å². The van der Waals surface area contributed by atoms with Gasteiger partial charge in [-0.1, -0.05) is 22.0 Å². The number of H-pyrrole nitrogens is 1. The minimum atomic E-state index is -0.160. The van der Waals surface area contributed by atoms with E-state index in [9.17, 15) is 4.79 Å². The zero-order valence-electron chi connectivity index (χ0n) is 15.5. The lowest BCUT2D eigenvalue weighted by Gasteiger charge is -2.12. The lowest BCUT2D eigenvalue weighted by Crippen LogP contribution is -2.31. The van der Waals surface area contributed by atoms with Gasteiger partial charge < -0.3 is 25.1 Å². The van der Waals surface area contributed by atoms with Gasteiger partial charge in [-0.15, -0.1) is 0 Å². The fourth-order valence-corrected chi connectivity index (χ4v) is 3.49. The minimum Gasteiger partial charge on any atom is -0.496 e. The second-order valence-corrected chi connectivity index (χ2v) is 7.35. The molecule has 0 spiro atoms. The topological polar surface area (TPSA) is 75.4 Å². The molecule has 0 amide bonds. The summed E-state index contributed by atoms with van der Waals surface area (Å²) in [6.07, 6.45) is 0.506. The van der Waals surface area contributed by atoms with Gasteiger partial charge in [0, 0.05) is 27.7 Å². The van der Waals surface area contributed by atoms with Crippen LogP contribution in [0.5, 0.6) is 11.5 Å². The Morgan fingerprint density at radius 3 is 2.61 bits per heavy atom. The average Bonchev–Trinajstić information content (AvgIpc) is 2.67. The molecule has 0 unspecified atom stereocenters. The molecule has 2 aromatic carbocycles. The van der Waals surface area contributed by atoms with Crippen LogP contribution in [0.15, 0.2) is 51.7 Å². The van der Waals surface area contributed by atoms with E-state index in [-0.39, 0.29) is 5.56 Å². The van der Waals surface area contributed by atoms with Crippen LogP contribution in [0.3, 0.4) is 0 Å². The highest BCUT2D eigenvalue weighted by molar-refractivity contribution is 9.10. The molecule has 0 fully saturated rings. The minimum absolute atomic E-state index is 0.160. The van der Waals surface area contributed by atoms with Crippen LogP contribution in [-0.4, -0.2) is 30.9 Å². The number of hydrogen-bond donors (Lipinski definition) is 3. The van der Waals surface area contributed by atoms with Crippen molar-refractivity contribution < 1.29 is 9.47 Å². The first-order valence-corrected chi connectivity index (χ1v) is 9.79. The highest BCUT2D eigenvalue weighted by Gasteiger charge is 2.11. The Kier molecular flexibility index (Phi) is 6.53. The van der Waals surface area contributed by atoms with E-state index < -0.39 is 0 Å². The summed E-state index contributed by atoms with van der Waals surface area (Å²) in [4.78, 5) is 15.4. The van der Waals surface area contributed by atoms with Crippen LogP contribution in [-0.2, 0) is 6.42 Å². The van der Waals surface area contributed by atoms with Gasteiger partial charge in [-0.25, -0.2) is 0 Å². The number of hydrogen-bond acceptors (Lipinski definition) is 4. The molecule has 1 heterocycles. The van der Waals surface area contributed by atoms with E-state index in [2.05, 4.69) is 31.5 Å². The van der Waals surface area contributed by atoms with Crippen molar-refractivity contribution in [3.63, 3.8) is 0 Å². The van der Waals surface area contributed by atoms with E-state index in [4.69, 9.17) is 21.7 Å². The molecule has 0 radical (unpaired) electrons. The second kappa shape index (κ2) is 9.07. The third kappa shape index (κ3) is 4.63. The van der Waals surface area contributed by atoms with Gasteiger partial charge in [-0.3, -0.25) is 4.79 Å². The Morgan fingerprint density at radius 2 is 1.89 bits per heavy atom. The molecule has 3 aromatic rings. The molecular weight excluding hydrogens is 442 g/mol. The molecule has 28 heavy (non-hydrogen) atoms. The molecular formula is C20H20BrN3O3S. The lowest BCUT2D eigenvalue weighted by molar-refractivity contribution is 0.409. The van der Waals surface area contributed by atoms with E-state index in [0.29, 0.717) is 40.7 Å². The maximum absolute atomic E-state index is 12.5. The smallest absolute Gasteiger partial charge is 0.251 e. The summed E-state index contributed by atoms with van der Waals surface area (Å²) >= 11 is 8.74. The Morgan fingerprint density at radius 1 is 1.14 bits per heavy atom. The number of fused-ring (bicyclic) bond motifs is 1. The van der Waals surface area contributed by atoms with Crippen LogP contribution in [0.4, 0.5) is 5.69 Å². The first-order chi connectivity index (χ1) is 13.5. The van der Waals surface area contributed by atoms with Gasteiger partial charge in [0.25, 0.3) is 5.56 Å². The van der Waals surface area contributed by atoms with Gasteiger partial charge in [0.1, 0.15) is 11.5 Å². The maximum Gasteiger partial charge on any atom is 0.251 e. The monoisotopic (exact) mass is 461 g/mol. The highest BCUT2D eigenvalue weighted by Crippen LogP contribution is 2.31. The molecule has 0 aliphatic carbocycles. The van der Waals surface area contributed by atoms with Gasteiger partial charge in [0.2, 0.25) is 0 Å². The third-order valence-corrected chi connectivity index (χ3v) is 4.96. The largest absolute Gasteiger partial charge is 0.496 e. The van der Waals surface area contributed by atoms with Crippen LogP contribution in [0.2, 0.25) is 0 Å². The molecule has 0 saturated heterocycles. The van der Waals surface area contributed by atoms with E-state index >= 15 is 0 Å². The van der Waals surface area contributed by atoms with Crippen LogP contribution >= 0.6 is 28.1 Å². The van der Waals surface area contributed by atoms with Gasteiger partial charge >= 0.3 is 0 Å². The normalized spacial score (nSPS) is 10.5. The fraction of sp³-hybridized carbons (Fsp3) is 0.200. The molecule has 0 atom stereocenters. The molecule has 8 heteroatoms. The Balaban J connectivity index is 1.71. The number of aromatic nitrogens is 1. The number of thiocarbonyl (C=S) groups is 1. The summed E-state index contributed by atoms with van der Waals surface area (Å²) in [5.41, 5.74) is 1.98. The first-order valence-electron chi connectivity index (χ1n) is 8.59. The summed E-state index contributed by atoms with van der Waals surface area (Å²) < 4.78 is 11.7. The van der Waals surface area contributed by atoms with Crippen molar-refractivity contribution in [2.45, 2.75) is 6.42 Å². The van der Waals surface area contributed by atoms with Crippen molar-refractivity contribution in [3.8, 4) is 11.5 Å². The van der Waals surface area contributed by atoms with E-state index in [0.717, 1.165) is 15.5 Å². The quantitative estimate of drug-likeness (QED) is 0.484. The Bertz CT molecular complexity index is 1070. The summed E-state index contributed by atoms with van der Waals surface area (Å²) in [5.74, 6) is 1.27. The molecule has 146 valence electrons. The average molecular weight is 462 g/mol. The standard InChI is InChI=1S/C20H20BrN3O3S/c1-26-16-6-7-17(27-2)18-15(16)10-12(19(25)24-18)8-9-22-20(28)23-14-5-3-4-13(21)11-14/h3-7,10-11H,8-9H2,1-2H3,(H,24,25)(H2,22,23,28). The number of benzene rings is 2. The Hall–Kier alpha value is -2.58. The summed E-state index contributed by atoms with van der Waals surface area (Å²) in [6.45, 7) is 0.515. The van der Waals surface area contributed by atoms with Gasteiger partial charge in [0.15, 0.2) is 5.11 Å². The van der Waals surface area contributed by atoms with Crippen molar-refractivity contribution in [3.05, 3.63) is 62.9 Å². The molecule has 0 bridgehead atoms. The zero-order chi connectivity index (χ0) is 20.1. The second-order valence-electron chi connectivity index (χ2n) is 6.02. The molecule has 1 aromatic heterocycles. The van der Waals surface area contributed by atoms with Crippen LogP contribution < -0.4 is 25.7 Å². The molecule has 0 saturated carbocycles. The van der Waals surface area contributed by atoms with E-state index in [1.165, 1.54) is 0 Å². The zero-order valence-corrected chi connectivity index (χ0v) is 17.9. The van der Waals surface area contributed by atoms with Crippen molar-refractivity contribution in [2.75, 3.05) is 26.1 Å². The lowest BCUT2D eigenvalue weighted by atomic mass is 10.1. The molecule has 0 aliphatic heterocycles. The predicted octanol–water partition coefficient (Wildman–Crippen LogP) is 3.84. The number of methoxy groups -OCH3 is 2. The summed E-state index contributed by atoms with van der Waals surface area (Å²) in [6, 6.07) is 13.1. The van der Waals surface area contributed by atoms with Crippen LogP contribution in [0.1, 0.15) is 5.56 Å². The third-order valence-electron chi connectivity index (χ3n) is 4.22. The number of aromatic amines is 1. The summed E-state index contributed by atoms with van der Waals surface area (Å²) in [7, 11) is 3.16. The fourth-order valence-electron chi connectivity index (χ4n) is 2.87. The summed E-state index contributed by atoms with van der Waals surface area (Å²) in [5, 5.41) is 7.53. The Labute approximate surface area is 176 Å². The number of halogens is 1. The number of nitrogens with one attached hydrogen (secondary N) is 3. The van der Waals surface area contributed by atoms with Crippen molar-refractivity contribution in [2.24, 2.45) is 0 Å². The molecule has 3 rings (SSSR count).